The van der Waals surface area contributed by atoms with Crippen LogP contribution >= 0.6 is 0 Å². The standard InChI is InChI=1S/C13H13N5O2/c1-7-8(2-3-19-7)12-17-13(20-18-12)10-4-9-11(5-14-10)16-6-15-9/h2-3,6,10,14H,4-5H2,1H3,(H,15,16). The average molecular weight is 271 g/mol. The summed E-state index contributed by atoms with van der Waals surface area (Å²) in [4.78, 5) is 11.9. The zero-order chi connectivity index (χ0) is 13.5. The predicted octanol–water partition coefficient (Wildman–Crippen LogP) is 1.75. The molecule has 0 fully saturated rings. The van der Waals surface area contributed by atoms with Crippen LogP contribution in [0.3, 0.4) is 0 Å². The zero-order valence-electron chi connectivity index (χ0n) is 10.9. The number of aromatic nitrogens is 4. The molecule has 3 aromatic heterocycles. The van der Waals surface area contributed by atoms with Crippen molar-refractivity contribution >= 4 is 0 Å². The highest BCUT2D eigenvalue weighted by molar-refractivity contribution is 5.56. The first-order valence-corrected chi connectivity index (χ1v) is 6.44. The molecule has 1 aliphatic heterocycles. The number of H-pyrrole nitrogens is 1. The molecule has 0 saturated heterocycles. The van der Waals surface area contributed by atoms with E-state index in [2.05, 4.69) is 25.4 Å². The zero-order valence-corrected chi connectivity index (χ0v) is 10.9. The van der Waals surface area contributed by atoms with Gasteiger partial charge in [0.05, 0.1) is 35.6 Å². The van der Waals surface area contributed by atoms with Crippen molar-refractivity contribution in [2.75, 3.05) is 0 Å². The maximum atomic E-state index is 5.37. The van der Waals surface area contributed by atoms with E-state index in [0.29, 0.717) is 11.7 Å². The van der Waals surface area contributed by atoms with Crippen molar-refractivity contribution in [3.63, 3.8) is 0 Å². The van der Waals surface area contributed by atoms with Gasteiger partial charge in [-0.05, 0) is 13.0 Å². The molecule has 2 N–H and O–H groups in total. The average Bonchev–Trinajstić information content (AvgIpc) is 3.17. The van der Waals surface area contributed by atoms with Crippen LogP contribution in [-0.4, -0.2) is 20.1 Å². The van der Waals surface area contributed by atoms with Gasteiger partial charge in [-0.3, -0.25) is 5.32 Å². The Morgan fingerprint density at radius 1 is 1.40 bits per heavy atom. The van der Waals surface area contributed by atoms with E-state index in [9.17, 15) is 0 Å². The van der Waals surface area contributed by atoms with E-state index in [0.717, 1.165) is 35.7 Å². The summed E-state index contributed by atoms with van der Waals surface area (Å²) in [6.45, 7) is 2.60. The van der Waals surface area contributed by atoms with E-state index in [1.54, 1.807) is 12.6 Å². The fourth-order valence-corrected chi connectivity index (χ4v) is 2.45. The first-order valence-electron chi connectivity index (χ1n) is 6.44. The minimum absolute atomic E-state index is 0.000688. The number of fused-ring (bicyclic) bond motifs is 1. The summed E-state index contributed by atoms with van der Waals surface area (Å²) in [6, 6.07) is 1.84. The summed E-state index contributed by atoms with van der Waals surface area (Å²) in [5.74, 6) is 1.92. The summed E-state index contributed by atoms with van der Waals surface area (Å²) in [5.41, 5.74) is 3.02. The molecule has 0 radical (unpaired) electrons. The number of nitrogens with zero attached hydrogens (tertiary/aromatic N) is 3. The van der Waals surface area contributed by atoms with E-state index in [1.165, 1.54) is 0 Å². The summed E-state index contributed by atoms with van der Waals surface area (Å²) >= 11 is 0. The highest BCUT2D eigenvalue weighted by atomic mass is 16.5. The number of nitrogens with one attached hydrogen (secondary N) is 2. The van der Waals surface area contributed by atoms with E-state index in [1.807, 2.05) is 13.0 Å². The van der Waals surface area contributed by atoms with Gasteiger partial charge >= 0.3 is 0 Å². The fraction of sp³-hybridized carbons (Fsp3) is 0.308. The number of rotatable bonds is 2. The Morgan fingerprint density at radius 2 is 2.35 bits per heavy atom. The van der Waals surface area contributed by atoms with Gasteiger partial charge in [-0.15, -0.1) is 0 Å². The van der Waals surface area contributed by atoms with Crippen LogP contribution in [0.25, 0.3) is 11.4 Å². The van der Waals surface area contributed by atoms with Crippen molar-refractivity contribution in [2.24, 2.45) is 0 Å². The number of aryl methyl sites for hydroxylation is 1. The number of hydrogen-bond donors (Lipinski definition) is 2. The summed E-state index contributed by atoms with van der Waals surface area (Å²) < 4.78 is 10.6. The largest absolute Gasteiger partial charge is 0.469 e. The smallest absolute Gasteiger partial charge is 0.244 e. The molecule has 0 amide bonds. The first-order chi connectivity index (χ1) is 9.81. The maximum absolute atomic E-state index is 5.37. The molecule has 1 aliphatic rings. The van der Waals surface area contributed by atoms with Gasteiger partial charge < -0.3 is 13.9 Å². The number of hydrogen-bond acceptors (Lipinski definition) is 6. The molecule has 102 valence electrons. The predicted molar refractivity (Wildman–Crippen MR) is 68.6 cm³/mol. The molecule has 0 aliphatic carbocycles. The molecule has 0 saturated carbocycles. The van der Waals surface area contributed by atoms with Crippen molar-refractivity contribution in [3.8, 4) is 11.4 Å². The van der Waals surface area contributed by atoms with E-state index in [4.69, 9.17) is 8.94 Å². The van der Waals surface area contributed by atoms with Crippen LogP contribution in [0.2, 0.25) is 0 Å². The van der Waals surface area contributed by atoms with Crippen molar-refractivity contribution < 1.29 is 8.94 Å². The van der Waals surface area contributed by atoms with Gasteiger partial charge in [0.1, 0.15) is 5.76 Å². The van der Waals surface area contributed by atoms with Gasteiger partial charge in [0.15, 0.2) is 0 Å². The topological polar surface area (TPSA) is 92.8 Å². The molecule has 0 spiro atoms. The van der Waals surface area contributed by atoms with Crippen molar-refractivity contribution in [1.29, 1.82) is 0 Å². The van der Waals surface area contributed by atoms with Crippen LogP contribution in [0.4, 0.5) is 0 Å². The van der Waals surface area contributed by atoms with E-state index in [-0.39, 0.29) is 6.04 Å². The Hall–Kier alpha value is -2.41. The van der Waals surface area contributed by atoms with Gasteiger partial charge in [0.25, 0.3) is 0 Å². The molecule has 0 bridgehead atoms. The van der Waals surface area contributed by atoms with Crippen molar-refractivity contribution in [3.05, 3.63) is 41.7 Å². The Bertz CT molecular complexity index is 741. The third-order valence-corrected chi connectivity index (χ3v) is 3.57. The lowest BCUT2D eigenvalue weighted by molar-refractivity contribution is 0.319. The minimum atomic E-state index is -0.000688. The lowest BCUT2D eigenvalue weighted by Crippen LogP contribution is -2.28. The molecule has 7 nitrogen and oxygen atoms in total. The monoisotopic (exact) mass is 271 g/mol. The molecular weight excluding hydrogens is 258 g/mol. The second-order valence-electron chi connectivity index (χ2n) is 4.81. The minimum Gasteiger partial charge on any atom is -0.469 e. The number of furan rings is 1. The van der Waals surface area contributed by atoms with Gasteiger partial charge in [-0.2, -0.15) is 4.98 Å². The Balaban J connectivity index is 1.62. The second kappa shape index (κ2) is 4.31. The summed E-state index contributed by atoms with van der Waals surface area (Å²) in [5, 5.41) is 7.38. The highest BCUT2D eigenvalue weighted by Crippen LogP contribution is 2.26. The van der Waals surface area contributed by atoms with Crippen LogP contribution in [0.15, 0.2) is 27.6 Å². The van der Waals surface area contributed by atoms with Gasteiger partial charge in [-0.1, -0.05) is 5.16 Å². The quantitative estimate of drug-likeness (QED) is 0.737. The van der Waals surface area contributed by atoms with Gasteiger partial charge in [-0.25, -0.2) is 4.98 Å². The normalized spacial score (nSPS) is 18.1. The third kappa shape index (κ3) is 1.75. The molecule has 1 atom stereocenters. The van der Waals surface area contributed by atoms with Crippen molar-refractivity contribution in [2.45, 2.75) is 25.9 Å². The molecular formula is C13H13N5O2. The van der Waals surface area contributed by atoms with Gasteiger partial charge in [0, 0.05) is 13.0 Å². The fourth-order valence-electron chi connectivity index (χ4n) is 2.45. The van der Waals surface area contributed by atoms with E-state index < -0.39 is 0 Å². The Morgan fingerprint density at radius 3 is 3.20 bits per heavy atom. The number of imidazole rings is 1. The van der Waals surface area contributed by atoms with Gasteiger partial charge in [0.2, 0.25) is 11.7 Å². The Kier molecular flexibility index (Phi) is 2.46. The van der Waals surface area contributed by atoms with Crippen LogP contribution in [0.5, 0.6) is 0 Å². The molecule has 7 heteroatoms. The maximum Gasteiger partial charge on any atom is 0.244 e. The number of aromatic amines is 1. The molecule has 0 aromatic carbocycles. The Labute approximate surface area is 114 Å². The highest BCUT2D eigenvalue weighted by Gasteiger charge is 2.26. The lowest BCUT2D eigenvalue weighted by atomic mass is 10.1. The van der Waals surface area contributed by atoms with Crippen LogP contribution < -0.4 is 5.32 Å². The molecule has 20 heavy (non-hydrogen) atoms. The van der Waals surface area contributed by atoms with Crippen LogP contribution in [0.1, 0.15) is 29.1 Å². The van der Waals surface area contributed by atoms with Crippen LogP contribution in [0, 0.1) is 6.92 Å². The molecule has 4 heterocycles. The second-order valence-corrected chi connectivity index (χ2v) is 4.81. The van der Waals surface area contributed by atoms with Crippen molar-refractivity contribution in [1.82, 2.24) is 25.4 Å². The molecule has 1 unspecified atom stereocenters. The third-order valence-electron chi connectivity index (χ3n) is 3.57. The molecule has 3 aromatic rings. The molecule has 4 rings (SSSR count). The summed E-state index contributed by atoms with van der Waals surface area (Å²) in [6.07, 6.45) is 4.07. The van der Waals surface area contributed by atoms with E-state index >= 15 is 0 Å². The summed E-state index contributed by atoms with van der Waals surface area (Å²) in [7, 11) is 0. The first kappa shape index (κ1) is 11.4. The van der Waals surface area contributed by atoms with Crippen LogP contribution in [-0.2, 0) is 13.0 Å². The lowest BCUT2D eigenvalue weighted by Gasteiger charge is -2.19. The SMILES string of the molecule is Cc1occc1-c1noc(C2Cc3nc[nH]c3CN2)n1.